The molecule has 1 aromatic heterocycles. The van der Waals surface area contributed by atoms with Crippen molar-refractivity contribution < 1.29 is 14.3 Å². The predicted molar refractivity (Wildman–Crippen MR) is 154 cm³/mol. The molecule has 3 aliphatic heterocycles. The first-order valence-electron chi connectivity index (χ1n) is 14.0. The summed E-state index contributed by atoms with van der Waals surface area (Å²) in [4.78, 5) is 26.3. The molecule has 3 aliphatic rings. The molecule has 0 radical (unpaired) electrons. The van der Waals surface area contributed by atoms with Crippen molar-refractivity contribution in [3.05, 3.63) is 95.3 Å². The summed E-state index contributed by atoms with van der Waals surface area (Å²) >= 11 is 0. The van der Waals surface area contributed by atoms with Crippen molar-refractivity contribution >= 4 is 11.6 Å². The van der Waals surface area contributed by atoms with E-state index in [1.807, 2.05) is 54.3 Å². The molecule has 0 atom stereocenters. The minimum absolute atomic E-state index is 0.0462. The maximum Gasteiger partial charge on any atom is 0.321 e. The number of carbonyl (C=O) groups excluding carboxylic acids is 1. The van der Waals surface area contributed by atoms with E-state index in [0.717, 1.165) is 67.1 Å². The number of benzene rings is 3. The number of hydrogen-bond acceptors (Lipinski definition) is 6. The number of nitrogens with zero attached hydrogens (tertiary/aromatic N) is 4. The number of anilines is 1. The van der Waals surface area contributed by atoms with Gasteiger partial charge in [0.25, 0.3) is 5.91 Å². The van der Waals surface area contributed by atoms with Crippen LogP contribution in [0.2, 0.25) is 0 Å². The van der Waals surface area contributed by atoms with Crippen LogP contribution >= 0.6 is 0 Å². The lowest BCUT2D eigenvalue weighted by atomic mass is 9.74. The minimum atomic E-state index is 0.0462. The topological polar surface area (TPSA) is 67.8 Å². The van der Waals surface area contributed by atoms with Crippen LogP contribution in [-0.4, -0.2) is 54.1 Å². The molecule has 0 aliphatic carbocycles. The molecule has 7 heteroatoms. The van der Waals surface area contributed by atoms with Crippen LogP contribution in [0.3, 0.4) is 0 Å². The number of aromatic nitrogens is 2. The van der Waals surface area contributed by atoms with Gasteiger partial charge in [-0.05, 0) is 111 Å². The summed E-state index contributed by atoms with van der Waals surface area (Å²) in [5.41, 5.74) is 7.51. The number of ether oxygens (including phenoxy) is 2. The van der Waals surface area contributed by atoms with E-state index in [4.69, 9.17) is 9.47 Å². The summed E-state index contributed by atoms with van der Waals surface area (Å²) in [6, 6.07) is 20.4. The van der Waals surface area contributed by atoms with E-state index in [0.29, 0.717) is 23.9 Å². The van der Waals surface area contributed by atoms with Crippen LogP contribution in [0.25, 0.3) is 11.1 Å². The molecule has 202 valence electrons. The van der Waals surface area contributed by atoms with Gasteiger partial charge in [-0.25, -0.2) is 9.97 Å². The van der Waals surface area contributed by atoms with Crippen molar-refractivity contribution in [1.82, 2.24) is 14.9 Å². The molecule has 7 nitrogen and oxygen atoms in total. The molecule has 1 amide bonds. The van der Waals surface area contributed by atoms with Crippen molar-refractivity contribution in [1.29, 1.82) is 0 Å². The van der Waals surface area contributed by atoms with E-state index in [-0.39, 0.29) is 11.3 Å². The maximum atomic E-state index is 13.7. The van der Waals surface area contributed by atoms with Gasteiger partial charge in [0, 0.05) is 41.2 Å². The molecule has 0 N–H and O–H groups in total. The molecular formula is C33H32N4O3. The van der Waals surface area contributed by atoms with Gasteiger partial charge >= 0.3 is 6.01 Å². The van der Waals surface area contributed by atoms with Crippen molar-refractivity contribution in [2.24, 2.45) is 0 Å². The number of fused-ring (bicyclic) bond motifs is 3. The first-order valence-corrected chi connectivity index (χ1v) is 14.0. The van der Waals surface area contributed by atoms with Crippen LogP contribution < -0.4 is 14.4 Å². The van der Waals surface area contributed by atoms with Gasteiger partial charge in [-0.15, -0.1) is 0 Å². The van der Waals surface area contributed by atoms with Crippen LogP contribution in [0.4, 0.5) is 5.69 Å². The van der Waals surface area contributed by atoms with E-state index in [9.17, 15) is 4.79 Å². The van der Waals surface area contributed by atoms with Gasteiger partial charge in [0.2, 0.25) is 0 Å². The monoisotopic (exact) mass is 532 g/mol. The minimum Gasteiger partial charge on any atom is -0.492 e. The number of aryl methyl sites for hydroxylation is 1. The first kappa shape index (κ1) is 24.8. The van der Waals surface area contributed by atoms with Gasteiger partial charge in [0.15, 0.2) is 0 Å². The second kappa shape index (κ2) is 9.75. The number of piperidine rings is 1. The summed E-state index contributed by atoms with van der Waals surface area (Å²) in [6.45, 7) is 5.64. The third kappa shape index (κ3) is 4.31. The Labute approximate surface area is 234 Å². The van der Waals surface area contributed by atoms with E-state index in [2.05, 4.69) is 34.0 Å². The van der Waals surface area contributed by atoms with Gasteiger partial charge in [-0.2, -0.15) is 0 Å². The standard InChI is InChI=1S/C33H32N4O3/c1-22-18-26(40-32-34-13-3-14-35-32)8-9-27(22)23-4-6-24(7-5-23)31(38)37-15-10-25-19-30-28(20-29(25)37)33(21-39-30)11-16-36(2)17-12-33/h3-9,13-14,18-20H,10-12,15-17,21H2,1-2H3. The van der Waals surface area contributed by atoms with E-state index in [1.165, 1.54) is 11.1 Å². The van der Waals surface area contributed by atoms with Gasteiger partial charge in [0.1, 0.15) is 11.5 Å². The zero-order valence-corrected chi connectivity index (χ0v) is 22.9. The zero-order chi connectivity index (χ0) is 27.3. The molecular weight excluding hydrogens is 500 g/mol. The van der Waals surface area contributed by atoms with E-state index >= 15 is 0 Å². The Hall–Kier alpha value is -4.23. The molecule has 4 aromatic rings. The second-order valence-electron chi connectivity index (χ2n) is 11.2. The van der Waals surface area contributed by atoms with Crippen molar-refractivity contribution in [3.63, 3.8) is 0 Å². The average molecular weight is 533 g/mol. The molecule has 40 heavy (non-hydrogen) atoms. The summed E-state index contributed by atoms with van der Waals surface area (Å²) in [5.74, 6) is 1.75. The van der Waals surface area contributed by atoms with Crippen LogP contribution in [0, 0.1) is 6.92 Å². The summed E-state index contributed by atoms with van der Waals surface area (Å²) < 4.78 is 12.0. The Morgan fingerprint density at radius 2 is 1.75 bits per heavy atom. The highest BCUT2D eigenvalue weighted by Gasteiger charge is 2.44. The Balaban J connectivity index is 1.11. The molecule has 0 unspecified atom stereocenters. The fourth-order valence-electron chi connectivity index (χ4n) is 6.33. The van der Waals surface area contributed by atoms with E-state index < -0.39 is 0 Å². The normalized spacial score (nSPS) is 17.4. The van der Waals surface area contributed by atoms with Crippen molar-refractivity contribution in [2.75, 3.05) is 38.2 Å². The van der Waals surface area contributed by atoms with Crippen molar-refractivity contribution in [2.45, 2.75) is 31.6 Å². The molecule has 0 saturated carbocycles. The highest BCUT2D eigenvalue weighted by molar-refractivity contribution is 6.07. The summed E-state index contributed by atoms with van der Waals surface area (Å²) in [7, 11) is 2.18. The van der Waals surface area contributed by atoms with Crippen LogP contribution in [0.5, 0.6) is 17.5 Å². The highest BCUT2D eigenvalue weighted by Crippen LogP contribution is 2.49. The number of rotatable bonds is 4. The number of hydrogen-bond donors (Lipinski definition) is 0. The summed E-state index contributed by atoms with van der Waals surface area (Å²) in [6.07, 6.45) is 6.35. The SMILES string of the molecule is Cc1cc(Oc2ncccn2)ccc1-c1ccc(C(=O)N2CCc3cc4c(cc32)C2(CCN(C)CC2)CO4)cc1. The molecule has 1 saturated heterocycles. The van der Waals surface area contributed by atoms with Crippen LogP contribution in [0.1, 0.15) is 39.9 Å². The Kier molecular flexibility index (Phi) is 6.04. The molecule has 0 bridgehead atoms. The maximum absolute atomic E-state index is 13.7. The molecule has 3 aromatic carbocycles. The highest BCUT2D eigenvalue weighted by atomic mass is 16.5. The average Bonchev–Trinajstić information content (AvgIpc) is 3.55. The molecule has 1 fully saturated rings. The lowest BCUT2D eigenvalue weighted by Gasteiger charge is -2.37. The fourth-order valence-corrected chi connectivity index (χ4v) is 6.33. The largest absolute Gasteiger partial charge is 0.492 e. The summed E-state index contributed by atoms with van der Waals surface area (Å²) in [5, 5.41) is 0. The van der Waals surface area contributed by atoms with Crippen molar-refractivity contribution in [3.8, 4) is 28.6 Å². The third-order valence-corrected chi connectivity index (χ3v) is 8.73. The van der Waals surface area contributed by atoms with Crippen LogP contribution in [0.15, 0.2) is 73.1 Å². The quantitative estimate of drug-likeness (QED) is 0.331. The number of likely N-dealkylation sites (tertiary alicyclic amines) is 1. The van der Waals surface area contributed by atoms with Gasteiger partial charge in [-0.1, -0.05) is 18.2 Å². The molecule has 7 rings (SSSR count). The fraction of sp³-hybridized carbons (Fsp3) is 0.303. The second-order valence-corrected chi connectivity index (χ2v) is 11.2. The Morgan fingerprint density at radius 3 is 2.50 bits per heavy atom. The smallest absolute Gasteiger partial charge is 0.321 e. The van der Waals surface area contributed by atoms with Crippen LogP contribution in [-0.2, 0) is 11.8 Å². The van der Waals surface area contributed by atoms with E-state index in [1.54, 1.807) is 18.5 Å². The molecule has 4 heterocycles. The first-order chi connectivity index (χ1) is 19.5. The predicted octanol–water partition coefficient (Wildman–Crippen LogP) is 5.80. The van der Waals surface area contributed by atoms with Gasteiger partial charge in [-0.3, -0.25) is 4.79 Å². The molecule has 1 spiro atoms. The number of amides is 1. The van der Waals surface area contributed by atoms with Gasteiger partial charge in [0.05, 0.1) is 6.61 Å². The number of carbonyl (C=O) groups is 1. The Bertz CT molecular complexity index is 1580. The zero-order valence-electron chi connectivity index (χ0n) is 22.9. The third-order valence-electron chi connectivity index (χ3n) is 8.73. The lowest BCUT2D eigenvalue weighted by molar-refractivity contribution is 0.0989. The lowest BCUT2D eigenvalue weighted by Crippen LogP contribution is -2.42. The van der Waals surface area contributed by atoms with Gasteiger partial charge < -0.3 is 19.3 Å². The Morgan fingerprint density at radius 1 is 0.975 bits per heavy atom.